The monoisotopic (exact) mass is 390 g/mol. The Morgan fingerprint density at radius 3 is 2.38 bits per heavy atom. The fourth-order valence-electron chi connectivity index (χ4n) is 3.02. The van der Waals surface area contributed by atoms with Crippen molar-refractivity contribution in [2.45, 2.75) is 12.7 Å². The highest BCUT2D eigenvalue weighted by molar-refractivity contribution is 6.15. The average Bonchev–Trinajstić information content (AvgIpc) is 2.76. The zero-order valence-corrected chi connectivity index (χ0v) is 16.0. The van der Waals surface area contributed by atoms with E-state index < -0.39 is 12.1 Å². The highest BCUT2D eigenvalue weighted by atomic mass is 16.5. The number of methoxy groups -OCH3 is 1. The van der Waals surface area contributed by atoms with E-state index in [1.165, 1.54) is 13.4 Å². The van der Waals surface area contributed by atoms with Crippen LogP contribution in [-0.4, -0.2) is 23.3 Å². The normalized spacial score (nSPS) is 12.3. The molecule has 3 aromatic rings. The van der Waals surface area contributed by atoms with E-state index in [1.807, 2.05) is 54.6 Å². The summed E-state index contributed by atoms with van der Waals surface area (Å²) in [5.74, 6) is -0.493. The molecular formula is C24H22O5. The van der Waals surface area contributed by atoms with E-state index in [2.05, 4.69) is 0 Å². The second kappa shape index (κ2) is 9.57. The molecule has 29 heavy (non-hydrogen) atoms. The first-order chi connectivity index (χ1) is 14.1. The molecule has 0 aliphatic carbocycles. The highest BCUT2D eigenvalue weighted by Crippen LogP contribution is 2.26. The van der Waals surface area contributed by atoms with Gasteiger partial charge in [-0.3, -0.25) is 0 Å². The number of benzene rings is 3. The van der Waals surface area contributed by atoms with Gasteiger partial charge in [-0.2, -0.15) is 0 Å². The van der Waals surface area contributed by atoms with Gasteiger partial charge in [0.2, 0.25) is 0 Å². The minimum absolute atomic E-state index is 0.0555. The molecule has 1 atom stereocenters. The third-order valence-corrected chi connectivity index (χ3v) is 4.46. The van der Waals surface area contributed by atoms with Gasteiger partial charge in [0.15, 0.2) is 0 Å². The number of carbonyl (C=O) groups is 1. The summed E-state index contributed by atoms with van der Waals surface area (Å²) >= 11 is 0. The Hall–Kier alpha value is -3.57. The van der Waals surface area contributed by atoms with Gasteiger partial charge in [-0.25, -0.2) is 4.79 Å². The van der Waals surface area contributed by atoms with Gasteiger partial charge in [0.1, 0.15) is 24.0 Å². The molecule has 0 saturated heterocycles. The Kier molecular flexibility index (Phi) is 6.66. The van der Waals surface area contributed by atoms with Gasteiger partial charge in [0.25, 0.3) is 0 Å². The average molecular weight is 390 g/mol. The van der Waals surface area contributed by atoms with Crippen LogP contribution < -0.4 is 4.74 Å². The van der Waals surface area contributed by atoms with Gasteiger partial charge >= 0.3 is 5.97 Å². The quantitative estimate of drug-likeness (QED) is 0.440. The Labute approximate surface area is 169 Å². The van der Waals surface area contributed by atoms with Crippen LogP contribution in [0.5, 0.6) is 5.75 Å². The largest absolute Gasteiger partial charge is 0.503 e. The van der Waals surface area contributed by atoms with Gasteiger partial charge in [0, 0.05) is 0 Å². The molecule has 5 heteroatoms. The van der Waals surface area contributed by atoms with Crippen molar-refractivity contribution < 1.29 is 24.5 Å². The lowest BCUT2D eigenvalue weighted by atomic mass is 10.0. The van der Waals surface area contributed by atoms with E-state index in [4.69, 9.17) is 9.47 Å². The van der Waals surface area contributed by atoms with Gasteiger partial charge in [-0.15, -0.1) is 0 Å². The molecule has 148 valence electrons. The van der Waals surface area contributed by atoms with Crippen LogP contribution in [0.4, 0.5) is 0 Å². The molecule has 0 radical (unpaired) electrons. The predicted octanol–water partition coefficient (Wildman–Crippen LogP) is 4.42. The fourth-order valence-corrected chi connectivity index (χ4v) is 3.02. The third-order valence-electron chi connectivity index (χ3n) is 4.46. The highest BCUT2D eigenvalue weighted by Gasteiger charge is 2.16. The lowest BCUT2D eigenvalue weighted by molar-refractivity contribution is -0.130. The topological polar surface area (TPSA) is 76.0 Å². The summed E-state index contributed by atoms with van der Waals surface area (Å²) < 4.78 is 10.8. The molecule has 0 aromatic heterocycles. The second-order valence-corrected chi connectivity index (χ2v) is 6.40. The maximum Gasteiger partial charge on any atom is 0.339 e. The van der Waals surface area contributed by atoms with Crippen molar-refractivity contribution in [2.24, 2.45) is 0 Å². The Balaban J connectivity index is 1.80. The zero-order chi connectivity index (χ0) is 20.6. The SMILES string of the molecule is CO/C=C(/C(=O)O)c1ccccc1COc1cccc(C(O)c2ccccc2)c1. The second-order valence-electron chi connectivity index (χ2n) is 6.40. The molecule has 2 N–H and O–H groups in total. The summed E-state index contributed by atoms with van der Waals surface area (Å²) in [7, 11) is 1.41. The number of rotatable bonds is 8. The van der Waals surface area contributed by atoms with E-state index >= 15 is 0 Å². The lowest BCUT2D eigenvalue weighted by Gasteiger charge is -2.14. The Morgan fingerprint density at radius 1 is 0.966 bits per heavy atom. The Bertz CT molecular complexity index is 995. The minimum Gasteiger partial charge on any atom is -0.503 e. The fraction of sp³-hybridized carbons (Fsp3) is 0.125. The summed E-state index contributed by atoms with van der Waals surface area (Å²) in [6, 6.07) is 23.7. The summed E-state index contributed by atoms with van der Waals surface area (Å²) in [5, 5.41) is 20.1. The molecule has 3 aromatic carbocycles. The summed E-state index contributed by atoms with van der Waals surface area (Å²) in [6.45, 7) is 0.176. The van der Waals surface area contributed by atoms with Crippen LogP contribution in [-0.2, 0) is 16.1 Å². The number of hydrogen-bond acceptors (Lipinski definition) is 4. The molecule has 0 aliphatic rings. The van der Waals surface area contributed by atoms with Crippen LogP contribution in [0.1, 0.15) is 28.4 Å². The van der Waals surface area contributed by atoms with Gasteiger partial charge in [-0.1, -0.05) is 66.7 Å². The molecule has 0 spiro atoms. The van der Waals surface area contributed by atoms with Gasteiger partial charge in [0.05, 0.1) is 13.4 Å². The van der Waals surface area contributed by atoms with Crippen molar-refractivity contribution in [2.75, 3.05) is 7.11 Å². The third kappa shape index (κ3) is 5.03. The molecule has 3 rings (SSSR count). The molecule has 5 nitrogen and oxygen atoms in total. The van der Waals surface area contributed by atoms with Crippen LogP contribution >= 0.6 is 0 Å². The van der Waals surface area contributed by atoms with E-state index in [-0.39, 0.29) is 12.2 Å². The van der Waals surface area contributed by atoms with Crippen molar-refractivity contribution in [1.29, 1.82) is 0 Å². The maximum atomic E-state index is 11.6. The molecule has 0 fully saturated rings. The van der Waals surface area contributed by atoms with E-state index in [9.17, 15) is 15.0 Å². The van der Waals surface area contributed by atoms with Crippen molar-refractivity contribution >= 4 is 11.5 Å². The first kappa shape index (κ1) is 20.2. The van der Waals surface area contributed by atoms with E-state index in [0.717, 1.165) is 5.56 Å². The van der Waals surface area contributed by atoms with Crippen LogP contribution in [0.2, 0.25) is 0 Å². The maximum absolute atomic E-state index is 11.6. The van der Waals surface area contributed by atoms with Crippen molar-refractivity contribution in [3.05, 3.63) is 107 Å². The number of aliphatic hydroxyl groups is 1. The molecule has 1 unspecified atom stereocenters. The summed E-state index contributed by atoms with van der Waals surface area (Å²) in [4.78, 5) is 11.6. The lowest BCUT2D eigenvalue weighted by Crippen LogP contribution is -2.06. The van der Waals surface area contributed by atoms with Crippen LogP contribution in [0.25, 0.3) is 5.57 Å². The molecule has 0 aliphatic heterocycles. The van der Waals surface area contributed by atoms with E-state index in [0.29, 0.717) is 22.4 Å². The Morgan fingerprint density at radius 2 is 1.66 bits per heavy atom. The van der Waals surface area contributed by atoms with Crippen molar-refractivity contribution in [3.63, 3.8) is 0 Å². The number of aliphatic carboxylic acids is 1. The number of hydrogen-bond donors (Lipinski definition) is 2. The van der Waals surface area contributed by atoms with E-state index in [1.54, 1.807) is 24.3 Å². The number of carboxylic acids is 1. The van der Waals surface area contributed by atoms with Gasteiger partial charge < -0.3 is 19.7 Å². The molecular weight excluding hydrogens is 368 g/mol. The molecule has 0 saturated carbocycles. The molecule has 0 bridgehead atoms. The zero-order valence-electron chi connectivity index (χ0n) is 16.0. The number of carboxylic acid groups (broad SMARTS) is 1. The van der Waals surface area contributed by atoms with Crippen LogP contribution in [0.3, 0.4) is 0 Å². The van der Waals surface area contributed by atoms with Gasteiger partial charge in [-0.05, 0) is 34.4 Å². The number of ether oxygens (including phenoxy) is 2. The predicted molar refractivity (Wildman–Crippen MR) is 110 cm³/mol. The smallest absolute Gasteiger partial charge is 0.339 e. The first-order valence-electron chi connectivity index (χ1n) is 9.10. The van der Waals surface area contributed by atoms with Crippen LogP contribution in [0.15, 0.2) is 85.1 Å². The molecule has 0 heterocycles. The first-order valence-corrected chi connectivity index (χ1v) is 9.10. The van der Waals surface area contributed by atoms with Crippen molar-refractivity contribution in [3.8, 4) is 5.75 Å². The van der Waals surface area contributed by atoms with Crippen LogP contribution in [0, 0.1) is 0 Å². The number of aliphatic hydroxyl groups excluding tert-OH is 1. The van der Waals surface area contributed by atoms with Crippen molar-refractivity contribution in [1.82, 2.24) is 0 Å². The summed E-state index contributed by atoms with van der Waals surface area (Å²) in [6.07, 6.45) is 0.452. The minimum atomic E-state index is -1.08. The summed E-state index contributed by atoms with van der Waals surface area (Å²) in [5.41, 5.74) is 2.81. The molecule has 0 amide bonds. The standard InChI is InChI=1S/C24H22O5/c1-28-16-22(24(26)27)21-13-6-5-10-19(21)15-29-20-12-7-11-18(14-20)23(25)17-8-3-2-4-9-17/h2-14,16,23,25H,15H2,1H3,(H,26,27)/b22-16+.